The van der Waals surface area contributed by atoms with Gasteiger partial charge < -0.3 is 14.3 Å². The number of hydrogen-bond acceptors (Lipinski definition) is 6. The van der Waals surface area contributed by atoms with Gasteiger partial charge in [0.2, 0.25) is 6.61 Å². The zero-order valence-corrected chi connectivity index (χ0v) is 9.94. The van der Waals surface area contributed by atoms with Crippen molar-refractivity contribution < 1.29 is 23.9 Å². The van der Waals surface area contributed by atoms with Crippen LogP contribution in [-0.4, -0.2) is 38.0 Å². The molecule has 0 atom stereocenters. The first-order chi connectivity index (χ1) is 8.22. The number of carbonyl (C=O) groups excluding carboxylic acids is 2. The van der Waals surface area contributed by atoms with Crippen LogP contribution in [0.2, 0.25) is 0 Å². The summed E-state index contributed by atoms with van der Waals surface area (Å²) in [6, 6.07) is 0. The van der Waals surface area contributed by atoms with Crippen LogP contribution >= 0.6 is 0 Å². The van der Waals surface area contributed by atoms with E-state index in [1.54, 1.807) is 0 Å². The summed E-state index contributed by atoms with van der Waals surface area (Å²) in [6.07, 6.45) is 5.32. The van der Waals surface area contributed by atoms with E-state index in [1.165, 1.54) is 13.5 Å². The molecule has 1 saturated carbocycles. The van der Waals surface area contributed by atoms with Crippen molar-refractivity contribution in [3.05, 3.63) is 0 Å². The van der Waals surface area contributed by atoms with Crippen molar-refractivity contribution in [3.8, 4) is 0 Å². The molecule has 0 spiro atoms. The van der Waals surface area contributed by atoms with Crippen LogP contribution in [0.1, 0.15) is 32.1 Å². The molecule has 0 aliphatic heterocycles. The lowest BCUT2D eigenvalue weighted by Crippen LogP contribution is -2.18. The molecular weight excluding hydrogens is 226 g/mol. The average Bonchev–Trinajstić information content (AvgIpc) is 2.37. The van der Waals surface area contributed by atoms with Gasteiger partial charge in [0.05, 0.1) is 12.8 Å². The zero-order valence-electron chi connectivity index (χ0n) is 9.94. The Kier molecular flexibility index (Phi) is 6.06. The van der Waals surface area contributed by atoms with Crippen LogP contribution in [0.4, 0.5) is 0 Å². The molecule has 6 nitrogen and oxygen atoms in total. The maximum absolute atomic E-state index is 11.1. The fraction of sp³-hybridized carbons (Fsp3) is 0.727. The van der Waals surface area contributed by atoms with Crippen molar-refractivity contribution in [2.75, 3.05) is 20.3 Å². The molecule has 0 heterocycles. The first-order valence-corrected chi connectivity index (χ1v) is 5.62. The minimum Gasteiger partial charge on any atom is -0.466 e. The maximum Gasteiger partial charge on any atom is 0.347 e. The van der Waals surface area contributed by atoms with Crippen LogP contribution in [-0.2, 0) is 23.9 Å². The van der Waals surface area contributed by atoms with Gasteiger partial charge in [-0.15, -0.1) is 0 Å². The van der Waals surface area contributed by atoms with Crippen molar-refractivity contribution in [2.24, 2.45) is 5.16 Å². The summed E-state index contributed by atoms with van der Waals surface area (Å²) in [5.74, 6) is -1.23. The number of hydrogen-bond donors (Lipinski definition) is 0. The van der Waals surface area contributed by atoms with Gasteiger partial charge in [-0.25, -0.2) is 9.59 Å². The number of oxime groups is 1. The second kappa shape index (κ2) is 7.65. The normalized spacial score (nSPS) is 15.0. The van der Waals surface area contributed by atoms with Crippen molar-refractivity contribution in [1.29, 1.82) is 0 Å². The molecule has 1 aliphatic carbocycles. The topological polar surface area (TPSA) is 74.2 Å². The van der Waals surface area contributed by atoms with Crippen LogP contribution in [0.5, 0.6) is 0 Å². The van der Waals surface area contributed by atoms with E-state index >= 15 is 0 Å². The summed E-state index contributed by atoms with van der Waals surface area (Å²) < 4.78 is 8.89. The second-order valence-electron chi connectivity index (χ2n) is 3.73. The van der Waals surface area contributed by atoms with Gasteiger partial charge in [0.1, 0.15) is 0 Å². The molecule has 0 radical (unpaired) electrons. The Hall–Kier alpha value is -1.59. The highest BCUT2D eigenvalue weighted by Gasteiger charge is 2.09. The summed E-state index contributed by atoms with van der Waals surface area (Å²) in [7, 11) is 1.22. The van der Waals surface area contributed by atoms with Gasteiger partial charge in [-0.2, -0.15) is 0 Å². The quantitative estimate of drug-likeness (QED) is 0.532. The molecule has 0 bridgehead atoms. The number of methoxy groups -OCH3 is 1. The zero-order chi connectivity index (χ0) is 12.5. The van der Waals surface area contributed by atoms with Crippen LogP contribution in [0.3, 0.4) is 0 Å². The van der Waals surface area contributed by atoms with Crippen LogP contribution < -0.4 is 0 Å². The minimum atomic E-state index is -0.629. The summed E-state index contributed by atoms with van der Waals surface area (Å²) in [5.41, 5.74) is 0.983. The standard InChI is InChI=1S/C11H17NO5/c1-15-10(13)7-16-11(14)8-17-12-9-5-3-2-4-6-9/h2-8H2,1H3. The molecule has 0 unspecified atom stereocenters. The third-order valence-corrected chi connectivity index (χ3v) is 2.39. The number of carbonyl (C=O) groups is 2. The molecular formula is C11H17NO5. The van der Waals surface area contributed by atoms with Crippen LogP contribution in [0, 0.1) is 0 Å². The predicted octanol–water partition coefficient (Wildman–Crippen LogP) is 1.04. The summed E-state index contributed by atoms with van der Waals surface area (Å²) in [6.45, 7) is -0.671. The summed E-state index contributed by atoms with van der Waals surface area (Å²) >= 11 is 0. The Labute approximate surface area is 99.9 Å². The summed E-state index contributed by atoms with van der Waals surface area (Å²) in [5, 5.41) is 3.87. The molecule has 0 aromatic rings. The highest BCUT2D eigenvalue weighted by atomic mass is 16.7. The molecule has 1 rings (SSSR count). The lowest BCUT2D eigenvalue weighted by atomic mass is 9.99. The van der Waals surface area contributed by atoms with Crippen molar-refractivity contribution in [2.45, 2.75) is 32.1 Å². The molecule has 0 N–H and O–H groups in total. The van der Waals surface area contributed by atoms with E-state index < -0.39 is 18.5 Å². The maximum atomic E-state index is 11.1. The molecule has 17 heavy (non-hydrogen) atoms. The van der Waals surface area contributed by atoms with E-state index in [9.17, 15) is 9.59 Å². The van der Waals surface area contributed by atoms with Crippen LogP contribution in [0.15, 0.2) is 5.16 Å². The fourth-order valence-electron chi connectivity index (χ4n) is 1.47. The third kappa shape index (κ3) is 5.89. The van der Waals surface area contributed by atoms with Gasteiger partial charge in [-0.3, -0.25) is 0 Å². The van der Waals surface area contributed by atoms with E-state index in [0.717, 1.165) is 31.4 Å². The predicted molar refractivity (Wildman–Crippen MR) is 59.4 cm³/mol. The molecule has 96 valence electrons. The average molecular weight is 243 g/mol. The molecule has 1 aliphatic rings. The van der Waals surface area contributed by atoms with Crippen molar-refractivity contribution in [3.63, 3.8) is 0 Å². The molecule has 1 fully saturated rings. The lowest BCUT2D eigenvalue weighted by Gasteiger charge is -2.11. The second-order valence-corrected chi connectivity index (χ2v) is 3.73. The Morgan fingerprint density at radius 1 is 1.12 bits per heavy atom. The van der Waals surface area contributed by atoms with Gasteiger partial charge in [-0.05, 0) is 25.7 Å². The Morgan fingerprint density at radius 3 is 2.47 bits per heavy atom. The van der Waals surface area contributed by atoms with Crippen molar-refractivity contribution >= 4 is 17.7 Å². The van der Waals surface area contributed by atoms with E-state index in [1.807, 2.05) is 0 Å². The fourth-order valence-corrected chi connectivity index (χ4v) is 1.47. The first kappa shape index (κ1) is 13.5. The molecule has 0 aromatic heterocycles. The number of ether oxygens (including phenoxy) is 2. The van der Waals surface area contributed by atoms with E-state index in [2.05, 4.69) is 14.6 Å². The van der Waals surface area contributed by atoms with E-state index in [0.29, 0.717) is 0 Å². The van der Waals surface area contributed by atoms with E-state index in [4.69, 9.17) is 4.84 Å². The van der Waals surface area contributed by atoms with Gasteiger partial charge in [-0.1, -0.05) is 11.6 Å². The monoisotopic (exact) mass is 243 g/mol. The molecule has 0 aromatic carbocycles. The van der Waals surface area contributed by atoms with Gasteiger partial charge in [0.25, 0.3) is 0 Å². The van der Waals surface area contributed by atoms with Crippen molar-refractivity contribution in [1.82, 2.24) is 0 Å². The number of nitrogens with zero attached hydrogens (tertiary/aromatic N) is 1. The highest BCUT2D eigenvalue weighted by molar-refractivity contribution is 5.84. The Bertz CT molecular complexity index is 292. The SMILES string of the molecule is COC(=O)COC(=O)CON=C1CCCCC1. The highest BCUT2D eigenvalue weighted by Crippen LogP contribution is 2.14. The Balaban J connectivity index is 2.12. The third-order valence-electron chi connectivity index (χ3n) is 2.39. The smallest absolute Gasteiger partial charge is 0.347 e. The molecule has 0 saturated heterocycles. The van der Waals surface area contributed by atoms with Gasteiger partial charge in [0.15, 0.2) is 6.61 Å². The molecule has 6 heteroatoms. The van der Waals surface area contributed by atoms with Gasteiger partial charge in [0, 0.05) is 0 Å². The molecule has 0 amide bonds. The Morgan fingerprint density at radius 2 is 1.82 bits per heavy atom. The minimum absolute atomic E-state index is 0.277. The number of rotatable bonds is 5. The lowest BCUT2D eigenvalue weighted by molar-refractivity contribution is -0.159. The first-order valence-electron chi connectivity index (χ1n) is 5.62. The van der Waals surface area contributed by atoms with E-state index in [-0.39, 0.29) is 6.61 Å². The van der Waals surface area contributed by atoms with Gasteiger partial charge >= 0.3 is 11.9 Å². The summed E-state index contributed by atoms with van der Waals surface area (Å²) in [4.78, 5) is 26.6. The van der Waals surface area contributed by atoms with Crippen LogP contribution in [0.25, 0.3) is 0 Å². The largest absolute Gasteiger partial charge is 0.466 e. The number of esters is 2.